The molecular formula is C37H51N3O4. The highest BCUT2D eigenvalue weighted by Crippen LogP contribution is 2.52. The average Bonchev–Trinajstić information content (AvgIpc) is 3.78. The van der Waals surface area contributed by atoms with E-state index in [2.05, 4.69) is 32.6 Å². The molecule has 7 nitrogen and oxygen atoms in total. The van der Waals surface area contributed by atoms with Crippen molar-refractivity contribution in [3.8, 4) is 0 Å². The van der Waals surface area contributed by atoms with Crippen molar-refractivity contribution in [1.29, 1.82) is 0 Å². The lowest BCUT2D eigenvalue weighted by atomic mass is 9.68. The molecule has 1 saturated carbocycles. The van der Waals surface area contributed by atoms with Gasteiger partial charge >= 0.3 is 6.09 Å². The highest BCUT2D eigenvalue weighted by molar-refractivity contribution is 6.00. The molecule has 238 valence electrons. The number of hydrogen-bond donors (Lipinski definition) is 0. The fourth-order valence-corrected chi connectivity index (χ4v) is 6.86. The Morgan fingerprint density at radius 1 is 1.16 bits per heavy atom. The second kappa shape index (κ2) is 13.7. The van der Waals surface area contributed by atoms with Crippen LogP contribution in [0.5, 0.6) is 0 Å². The first-order valence-corrected chi connectivity index (χ1v) is 16.2. The van der Waals surface area contributed by atoms with E-state index in [0.29, 0.717) is 30.4 Å². The van der Waals surface area contributed by atoms with E-state index in [0.717, 1.165) is 53.9 Å². The zero-order chi connectivity index (χ0) is 32.3. The lowest BCUT2D eigenvalue weighted by molar-refractivity contribution is -0.117. The fraction of sp³-hybridized carbons (Fsp3) is 0.568. The number of carbonyl (C=O) groups excluding carboxylic acids is 3. The highest BCUT2D eigenvalue weighted by atomic mass is 16.6. The van der Waals surface area contributed by atoms with Gasteiger partial charge in [-0.15, -0.1) is 0 Å². The molecule has 0 radical (unpaired) electrons. The van der Waals surface area contributed by atoms with Gasteiger partial charge in [-0.25, -0.2) is 4.79 Å². The van der Waals surface area contributed by atoms with Crippen LogP contribution in [0.15, 0.2) is 48.6 Å². The summed E-state index contributed by atoms with van der Waals surface area (Å²) < 4.78 is 5.43. The molecule has 7 heteroatoms. The number of pyridine rings is 1. The number of aromatic nitrogens is 1. The van der Waals surface area contributed by atoms with Crippen LogP contribution in [0, 0.1) is 24.7 Å². The smallest absolute Gasteiger partial charge is 0.410 e. The second-order valence-corrected chi connectivity index (χ2v) is 14.2. The maximum absolute atomic E-state index is 13.6. The van der Waals surface area contributed by atoms with Gasteiger partial charge in [-0.05, 0) is 119 Å². The highest BCUT2D eigenvalue weighted by Gasteiger charge is 2.48. The molecule has 1 aliphatic carbocycles. The first-order valence-electron chi connectivity index (χ1n) is 16.2. The molecule has 44 heavy (non-hydrogen) atoms. The van der Waals surface area contributed by atoms with E-state index in [4.69, 9.17) is 9.72 Å². The second-order valence-electron chi connectivity index (χ2n) is 14.2. The van der Waals surface area contributed by atoms with Gasteiger partial charge in [0.05, 0.1) is 0 Å². The lowest BCUT2D eigenvalue weighted by Crippen LogP contribution is -2.51. The Morgan fingerprint density at radius 3 is 2.48 bits per heavy atom. The van der Waals surface area contributed by atoms with Crippen LogP contribution in [0.25, 0.3) is 0 Å². The number of Topliss-reactive ketones (excluding diaryl/α,β-unsaturated/α-hetero) is 1. The van der Waals surface area contributed by atoms with Gasteiger partial charge in [0, 0.05) is 55.6 Å². The SMILES string of the molecule is C=C(CCN(C)C(=O)OC(C)(C)C)CC(=O)c1ccc2c(c1)[C@H]([C@@H](C)CCc1cccc(C)n1)[C@@H](C)[C@H](C1CC1)N2C(C)=O. The summed E-state index contributed by atoms with van der Waals surface area (Å²) in [4.78, 5) is 47.2. The zero-order valence-electron chi connectivity index (χ0n) is 28.0. The minimum absolute atomic E-state index is 0.000528. The predicted molar refractivity (Wildman–Crippen MR) is 176 cm³/mol. The standard InChI is InChI=1S/C37H51N3O4/c1-23(19-20-39(9)36(43)44-37(6,7)8)21-33(42)29-16-18-32-31(22-29)34(24(2)13-17-30-12-10-11-25(3)38-30)26(4)35(28-14-15-28)40(32)27(5)41/h10-12,16,18,22,24,26,28,34-35H,1,13-15,17,19-21H2,2-9H3/t24-,26+,34+,35+/m0/s1. The summed E-state index contributed by atoms with van der Waals surface area (Å²) in [7, 11) is 1.69. The summed E-state index contributed by atoms with van der Waals surface area (Å²) in [6.07, 6.45) is 4.51. The van der Waals surface area contributed by atoms with Crippen LogP contribution in [-0.2, 0) is 16.0 Å². The van der Waals surface area contributed by atoms with E-state index in [-0.39, 0.29) is 36.0 Å². The van der Waals surface area contributed by atoms with Crippen LogP contribution in [0.3, 0.4) is 0 Å². The van der Waals surface area contributed by atoms with Crippen molar-refractivity contribution in [2.45, 2.75) is 105 Å². The van der Waals surface area contributed by atoms with Gasteiger partial charge in [0.2, 0.25) is 5.91 Å². The molecule has 0 bridgehead atoms. The molecular weight excluding hydrogens is 550 g/mol. The third-order valence-electron chi connectivity index (χ3n) is 9.15. The quantitative estimate of drug-likeness (QED) is 0.193. The molecule has 2 aliphatic rings. The first-order chi connectivity index (χ1) is 20.7. The van der Waals surface area contributed by atoms with Gasteiger partial charge in [-0.1, -0.05) is 32.1 Å². The molecule has 1 fully saturated rings. The average molecular weight is 602 g/mol. The molecule has 0 unspecified atom stereocenters. The monoisotopic (exact) mass is 601 g/mol. The topological polar surface area (TPSA) is 79.8 Å². The van der Waals surface area contributed by atoms with E-state index >= 15 is 0 Å². The van der Waals surface area contributed by atoms with Crippen LogP contribution in [0.1, 0.15) is 107 Å². The van der Waals surface area contributed by atoms with Gasteiger partial charge in [0.25, 0.3) is 0 Å². The lowest BCUT2D eigenvalue weighted by Gasteiger charge is -2.47. The number of hydrogen-bond acceptors (Lipinski definition) is 5. The van der Waals surface area contributed by atoms with Gasteiger partial charge in [0.15, 0.2) is 5.78 Å². The van der Waals surface area contributed by atoms with Crippen molar-refractivity contribution in [1.82, 2.24) is 9.88 Å². The number of nitrogens with zero attached hydrogens (tertiary/aromatic N) is 3. The minimum Gasteiger partial charge on any atom is -0.444 e. The van der Waals surface area contributed by atoms with Crippen molar-refractivity contribution in [3.63, 3.8) is 0 Å². The number of amides is 2. The van der Waals surface area contributed by atoms with Crippen LogP contribution in [-0.4, -0.2) is 52.9 Å². The molecule has 4 atom stereocenters. The van der Waals surface area contributed by atoms with Crippen LogP contribution in [0.2, 0.25) is 0 Å². The van der Waals surface area contributed by atoms with E-state index in [9.17, 15) is 14.4 Å². The molecule has 1 aliphatic heterocycles. The number of rotatable bonds is 11. The molecule has 1 aromatic carbocycles. The largest absolute Gasteiger partial charge is 0.444 e. The Bertz CT molecular complexity index is 1390. The maximum Gasteiger partial charge on any atom is 0.410 e. The van der Waals surface area contributed by atoms with Gasteiger partial charge in [-0.2, -0.15) is 0 Å². The number of anilines is 1. The summed E-state index contributed by atoms with van der Waals surface area (Å²) in [6.45, 7) is 18.4. The number of aryl methyl sites for hydroxylation is 2. The van der Waals surface area contributed by atoms with Crippen molar-refractivity contribution in [2.24, 2.45) is 17.8 Å². The van der Waals surface area contributed by atoms with Crippen LogP contribution < -0.4 is 4.90 Å². The first kappa shape index (κ1) is 33.4. The Balaban J connectivity index is 1.54. The Kier molecular flexibility index (Phi) is 10.4. The Morgan fingerprint density at radius 2 is 1.86 bits per heavy atom. The Labute approximate surface area is 264 Å². The molecule has 4 rings (SSSR count). The molecule has 0 spiro atoms. The van der Waals surface area contributed by atoms with Crippen LogP contribution in [0.4, 0.5) is 10.5 Å². The molecule has 1 aromatic heterocycles. The third-order valence-corrected chi connectivity index (χ3v) is 9.15. The minimum atomic E-state index is -0.564. The summed E-state index contributed by atoms with van der Waals surface area (Å²) in [6, 6.07) is 12.3. The normalized spacial score (nSPS) is 20.5. The number of carbonyl (C=O) groups is 3. The predicted octanol–water partition coefficient (Wildman–Crippen LogP) is 7.91. The molecule has 2 aromatic rings. The van der Waals surface area contributed by atoms with Crippen molar-refractivity contribution in [2.75, 3.05) is 18.5 Å². The molecule has 0 saturated heterocycles. The van der Waals surface area contributed by atoms with Crippen LogP contribution >= 0.6 is 0 Å². The Hall–Kier alpha value is -3.48. The zero-order valence-corrected chi connectivity index (χ0v) is 28.0. The van der Waals surface area contributed by atoms with Gasteiger partial charge in [0.1, 0.15) is 5.60 Å². The van der Waals surface area contributed by atoms with Gasteiger partial charge < -0.3 is 14.5 Å². The van der Waals surface area contributed by atoms with E-state index in [1.54, 1.807) is 14.0 Å². The third kappa shape index (κ3) is 8.16. The van der Waals surface area contributed by atoms with Crippen molar-refractivity contribution >= 4 is 23.5 Å². The maximum atomic E-state index is 13.6. The summed E-state index contributed by atoms with van der Waals surface area (Å²) in [5.41, 5.74) is 5.02. The van der Waals surface area contributed by atoms with Gasteiger partial charge in [-0.3, -0.25) is 14.6 Å². The van der Waals surface area contributed by atoms with E-state index in [1.165, 1.54) is 4.90 Å². The fourth-order valence-electron chi connectivity index (χ4n) is 6.86. The number of ether oxygens (including phenoxy) is 1. The molecule has 2 heterocycles. The van der Waals surface area contributed by atoms with E-state index < -0.39 is 11.7 Å². The van der Waals surface area contributed by atoms with E-state index in [1.807, 2.05) is 56.9 Å². The molecule has 2 amide bonds. The number of benzene rings is 1. The van der Waals surface area contributed by atoms with Crippen molar-refractivity contribution < 1.29 is 19.1 Å². The summed E-state index contributed by atoms with van der Waals surface area (Å²) in [5.74, 6) is 1.41. The number of fused-ring (bicyclic) bond motifs is 1. The number of ketones is 1. The summed E-state index contributed by atoms with van der Waals surface area (Å²) in [5, 5.41) is 0. The molecule has 0 N–H and O–H groups in total. The van der Waals surface area contributed by atoms with Crippen molar-refractivity contribution in [3.05, 3.63) is 71.1 Å². The summed E-state index contributed by atoms with van der Waals surface area (Å²) >= 11 is 0.